The van der Waals surface area contributed by atoms with Crippen molar-refractivity contribution >= 4 is 5.82 Å². The maximum absolute atomic E-state index is 10.9. The number of nitrogens with one attached hydrogen (secondary N) is 1. The van der Waals surface area contributed by atoms with Gasteiger partial charge in [-0.25, -0.2) is 9.55 Å². The SMILES string of the molecule is CNCC1CCCN(CCn2c([N+](=O)[O-])cnc2C)C1. The van der Waals surface area contributed by atoms with Crippen LogP contribution in [0.15, 0.2) is 6.20 Å². The number of aromatic nitrogens is 2. The van der Waals surface area contributed by atoms with E-state index in [2.05, 4.69) is 15.2 Å². The topological polar surface area (TPSA) is 76.2 Å². The zero-order valence-electron chi connectivity index (χ0n) is 12.2. The van der Waals surface area contributed by atoms with Crippen LogP contribution < -0.4 is 5.32 Å². The fourth-order valence-corrected chi connectivity index (χ4v) is 2.93. The van der Waals surface area contributed by atoms with E-state index in [-0.39, 0.29) is 10.7 Å². The van der Waals surface area contributed by atoms with Crippen molar-refractivity contribution in [1.82, 2.24) is 19.8 Å². The molecule has 1 unspecified atom stereocenters. The number of hydrogen-bond acceptors (Lipinski definition) is 5. The molecule has 1 aliphatic rings. The van der Waals surface area contributed by atoms with Crippen LogP contribution in [0.5, 0.6) is 0 Å². The summed E-state index contributed by atoms with van der Waals surface area (Å²) in [6.07, 6.45) is 3.81. The zero-order chi connectivity index (χ0) is 14.5. The molecule has 0 radical (unpaired) electrons. The lowest BCUT2D eigenvalue weighted by Gasteiger charge is -2.32. The first-order valence-electron chi connectivity index (χ1n) is 7.15. The summed E-state index contributed by atoms with van der Waals surface area (Å²) in [7, 11) is 1.98. The van der Waals surface area contributed by atoms with Crippen molar-refractivity contribution < 1.29 is 4.92 Å². The van der Waals surface area contributed by atoms with Gasteiger partial charge in [-0.15, -0.1) is 0 Å². The Hall–Kier alpha value is -1.47. The number of imidazole rings is 1. The number of piperidine rings is 1. The highest BCUT2D eigenvalue weighted by atomic mass is 16.6. The van der Waals surface area contributed by atoms with Gasteiger partial charge in [0.2, 0.25) is 0 Å². The van der Waals surface area contributed by atoms with E-state index in [0.717, 1.165) is 26.2 Å². The van der Waals surface area contributed by atoms with E-state index in [1.54, 1.807) is 4.57 Å². The molecule has 1 atom stereocenters. The smallest absolute Gasteiger partial charge is 0.342 e. The van der Waals surface area contributed by atoms with Gasteiger partial charge in [0.25, 0.3) is 0 Å². The lowest BCUT2D eigenvalue weighted by Crippen LogP contribution is -2.40. The third-order valence-electron chi connectivity index (χ3n) is 3.96. The van der Waals surface area contributed by atoms with E-state index in [1.807, 2.05) is 14.0 Å². The molecule has 7 heteroatoms. The summed E-state index contributed by atoms with van der Waals surface area (Å²) in [5.41, 5.74) is 0. The Bertz CT molecular complexity index is 458. The van der Waals surface area contributed by atoms with Crippen molar-refractivity contribution in [2.75, 3.05) is 33.2 Å². The Morgan fingerprint density at radius 1 is 1.55 bits per heavy atom. The van der Waals surface area contributed by atoms with Crippen LogP contribution in [0.3, 0.4) is 0 Å². The fourth-order valence-electron chi connectivity index (χ4n) is 2.93. The van der Waals surface area contributed by atoms with E-state index in [0.29, 0.717) is 18.3 Å². The third-order valence-corrected chi connectivity index (χ3v) is 3.96. The van der Waals surface area contributed by atoms with Crippen molar-refractivity contribution in [3.63, 3.8) is 0 Å². The van der Waals surface area contributed by atoms with Gasteiger partial charge in [-0.2, -0.15) is 0 Å². The van der Waals surface area contributed by atoms with Crippen molar-refractivity contribution in [2.24, 2.45) is 5.92 Å². The molecule has 1 saturated heterocycles. The van der Waals surface area contributed by atoms with Crippen molar-refractivity contribution in [2.45, 2.75) is 26.3 Å². The van der Waals surface area contributed by atoms with E-state index in [4.69, 9.17) is 0 Å². The predicted molar refractivity (Wildman–Crippen MR) is 76.7 cm³/mol. The molecule has 0 aliphatic carbocycles. The highest BCUT2D eigenvalue weighted by Crippen LogP contribution is 2.17. The van der Waals surface area contributed by atoms with Gasteiger partial charge in [0, 0.05) is 20.0 Å². The van der Waals surface area contributed by atoms with Gasteiger partial charge in [0.1, 0.15) is 12.7 Å². The highest BCUT2D eigenvalue weighted by Gasteiger charge is 2.22. The van der Waals surface area contributed by atoms with E-state index in [1.165, 1.54) is 19.0 Å². The van der Waals surface area contributed by atoms with Crippen LogP contribution in [0.2, 0.25) is 0 Å². The summed E-state index contributed by atoms with van der Waals surface area (Å²) in [4.78, 5) is 17.0. The van der Waals surface area contributed by atoms with Gasteiger partial charge in [-0.3, -0.25) is 4.90 Å². The molecule has 1 fully saturated rings. The highest BCUT2D eigenvalue weighted by molar-refractivity contribution is 5.18. The second-order valence-corrected chi connectivity index (χ2v) is 5.44. The maximum atomic E-state index is 10.9. The van der Waals surface area contributed by atoms with Gasteiger partial charge in [0.15, 0.2) is 5.82 Å². The van der Waals surface area contributed by atoms with Gasteiger partial charge >= 0.3 is 5.82 Å². The summed E-state index contributed by atoms with van der Waals surface area (Å²) >= 11 is 0. The van der Waals surface area contributed by atoms with E-state index >= 15 is 0 Å². The first-order valence-corrected chi connectivity index (χ1v) is 7.15. The van der Waals surface area contributed by atoms with Crippen LogP contribution in [0.4, 0.5) is 5.82 Å². The van der Waals surface area contributed by atoms with Crippen LogP contribution in [0, 0.1) is 23.0 Å². The predicted octanol–water partition coefficient (Wildman–Crippen LogP) is 1.03. The molecule has 0 saturated carbocycles. The molecular weight excluding hydrogens is 258 g/mol. The largest absolute Gasteiger partial charge is 0.358 e. The molecule has 0 aromatic carbocycles. The van der Waals surface area contributed by atoms with Crippen molar-refractivity contribution in [3.8, 4) is 0 Å². The van der Waals surface area contributed by atoms with Crippen LogP contribution in [0.25, 0.3) is 0 Å². The van der Waals surface area contributed by atoms with Crippen LogP contribution >= 0.6 is 0 Å². The Morgan fingerprint density at radius 3 is 3.05 bits per heavy atom. The Morgan fingerprint density at radius 2 is 2.35 bits per heavy atom. The maximum Gasteiger partial charge on any atom is 0.342 e. The number of nitrogens with zero attached hydrogens (tertiary/aromatic N) is 4. The lowest BCUT2D eigenvalue weighted by molar-refractivity contribution is -0.392. The van der Waals surface area contributed by atoms with Crippen LogP contribution in [0.1, 0.15) is 18.7 Å². The first-order chi connectivity index (χ1) is 9.61. The van der Waals surface area contributed by atoms with E-state index in [9.17, 15) is 10.1 Å². The minimum Gasteiger partial charge on any atom is -0.358 e. The number of nitro groups is 1. The van der Waals surface area contributed by atoms with Gasteiger partial charge in [0.05, 0.1) is 0 Å². The normalized spacial score (nSPS) is 20.2. The number of rotatable bonds is 6. The third kappa shape index (κ3) is 3.55. The molecule has 1 aromatic rings. The first kappa shape index (κ1) is 14.9. The lowest BCUT2D eigenvalue weighted by atomic mass is 9.98. The number of likely N-dealkylation sites (tertiary alicyclic amines) is 1. The molecule has 0 amide bonds. The van der Waals surface area contributed by atoms with Crippen molar-refractivity contribution in [3.05, 3.63) is 22.1 Å². The molecule has 0 spiro atoms. The molecule has 1 aromatic heterocycles. The summed E-state index contributed by atoms with van der Waals surface area (Å²) < 4.78 is 1.70. The fraction of sp³-hybridized carbons (Fsp3) is 0.769. The minimum atomic E-state index is -0.361. The Balaban J connectivity index is 1.92. The minimum absolute atomic E-state index is 0.0892. The quantitative estimate of drug-likeness (QED) is 0.622. The number of hydrogen-bond donors (Lipinski definition) is 1. The summed E-state index contributed by atoms with van der Waals surface area (Å²) in [6, 6.07) is 0. The molecule has 7 nitrogen and oxygen atoms in total. The molecule has 112 valence electrons. The average molecular weight is 281 g/mol. The molecule has 0 bridgehead atoms. The van der Waals surface area contributed by atoms with Gasteiger partial charge in [-0.05, 0) is 43.8 Å². The molecule has 1 aliphatic heterocycles. The monoisotopic (exact) mass is 281 g/mol. The summed E-state index contributed by atoms with van der Waals surface area (Å²) in [6.45, 7) is 6.49. The zero-order valence-corrected chi connectivity index (χ0v) is 12.2. The summed E-state index contributed by atoms with van der Waals surface area (Å²) in [5.74, 6) is 1.49. The Kier molecular flexibility index (Phi) is 5.08. The Labute approximate surface area is 119 Å². The molecule has 2 heterocycles. The second-order valence-electron chi connectivity index (χ2n) is 5.44. The standard InChI is InChI=1S/C13H23N5O2/c1-11-15-9-13(18(19)20)17(11)7-6-16-5-3-4-12(10-16)8-14-2/h9,12,14H,3-8,10H2,1-2H3. The average Bonchev–Trinajstić information content (AvgIpc) is 2.79. The van der Waals surface area contributed by atoms with Crippen LogP contribution in [-0.4, -0.2) is 52.6 Å². The van der Waals surface area contributed by atoms with Gasteiger partial charge < -0.3 is 15.4 Å². The van der Waals surface area contributed by atoms with Crippen LogP contribution in [-0.2, 0) is 6.54 Å². The molecule has 1 N–H and O–H groups in total. The van der Waals surface area contributed by atoms with Crippen molar-refractivity contribution in [1.29, 1.82) is 0 Å². The molecular formula is C13H23N5O2. The summed E-state index contributed by atoms with van der Waals surface area (Å²) in [5, 5.41) is 14.2. The van der Waals surface area contributed by atoms with E-state index < -0.39 is 0 Å². The second kappa shape index (κ2) is 6.81. The molecule has 20 heavy (non-hydrogen) atoms. The molecule has 2 rings (SSSR count). The number of aryl methyl sites for hydroxylation is 1. The van der Waals surface area contributed by atoms with Gasteiger partial charge in [-0.1, -0.05) is 0 Å².